The molecule has 0 aliphatic carbocycles. The normalized spacial score (nSPS) is 11.2. The number of rotatable bonds is 4. The van der Waals surface area contributed by atoms with E-state index in [1.807, 2.05) is 0 Å². The predicted octanol–water partition coefficient (Wildman–Crippen LogP) is 4.40. The first-order valence-electron chi connectivity index (χ1n) is 7.95. The molecule has 0 saturated heterocycles. The summed E-state index contributed by atoms with van der Waals surface area (Å²) in [5, 5.41) is 0. The molecule has 0 atom stereocenters. The monoisotopic (exact) mass is 391 g/mol. The van der Waals surface area contributed by atoms with Crippen LogP contribution in [0.3, 0.4) is 0 Å². The maximum absolute atomic E-state index is 13.7. The second kappa shape index (κ2) is 7.63. The van der Waals surface area contributed by atoms with Gasteiger partial charge in [0.1, 0.15) is 12.1 Å². The summed E-state index contributed by atoms with van der Waals surface area (Å²) in [4.78, 5) is 24.1. The van der Waals surface area contributed by atoms with E-state index < -0.39 is 23.5 Å². The second-order valence-electron chi connectivity index (χ2n) is 5.79. The molecule has 0 aliphatic rings. The van der Waals surface area contributed by atoms with Gasteiger partial charge in [-0.2, -0.15) is 18.7 Å². The largest absolute Gasteiger partial charge is 0.419 e. The Bertz CT molecular complexity index is 1010. The van der Waals surface area contributed by atoms with Crippen LogP contribution in [0.2, 0.25) is 0 Å². The highest BCUT2D eigenvalue weighted by Gasteiger charge is 2.34. The molecule has 0 aliphatic heterocycles. The molecule has 1 aromatic heterocycles. The number of amides is 1. The fraction of sp³-hybridized carbons (Fsp3) is 0.105. The summed E-state index contributed by atoms with van der Waals surface area (Å²) in [5.41, 5.74) is 2.23. The van der Waals surface area contributed by atoms with Crippen molar-refractivity contribution in [1.29, 1.82) is 0 Å². The molecule has 28 heavy (non-hydrogen) atoms. The molecule has 3 aromatic rings. The summed E-state index contributed by atoms with van der Waals surface area (Å²) in [6, 6.07) is 7.28. The first kappa shape index (κ1) is 19.3. The molecule has 0 bridgehead atoms. The molecule has 1 heterocycles. The Labute approximate surface area is 157 Å². The van der Waals surface area contributed by atoms with Gasteiger partial charge in [0.2, 0.25) is 5.91 Å². The molecule has 3 rings (SSSR count). The van der Waals surface area contributed by atoms with Crippen LogP contribution in [0.15, 0.2) is 55.1 Å². The van der Waals surface area contributed by atoms with Crippen LogP contribution in [0.1, 0.15) is 12.5 Å². The van der Waals surface area contributed by atoms with Gasteiger partial charge >= 0.3 is 6.18 Å². The van der Waals surface area contributed by atoms with E-state index in [0.717, 1.165) is 6.07 Å². The Morgan fingerprint density at radius 3 is 2.32 bits per heavy atom. The lowest BCUT2D eigenvalue weighted by molar-refractivity contribution is -0.140. The van der Waals surface area contributed by atoms with Crippen molar-refractivity contribution >= 4 is 5.91 Å². The van der Waals surface area contributed by atoms with Gasteiger partial charge in [0.05, 0.1) is 5.56 Å². The van der Waals surface area contributed by atoms with Gasteiger partial charge in [-0.3, -0.25) is 4.79 Å². The molecule has 9 heteroatoms. The number of alkyl halides is 3. The van der Waals surface area contributed by atoms with Gasteiger partial charge in [-0.1, -0.05) is 12.1 Å². The lowest BCUT2D eigenvalue weighted by atomic mass is 9.97. The van der Waals surface area contributed by atoms with Crippen molar-refractivity contribution in [3.05, 3.63) is 66.5 Å². The molecule has 144 valence electrons. The summed E-state index contributed by atoms with van der Waals surface area (Å²) < 4.78 is 53.0. The Kier molecular flexibility index (Phi) is 5.25. The first-order chi connectivity index (χ1) is 13.3. The summed E-state index contributed by atoms with van der Waals surface area (Å²) in [6.07, 6.45) is -0.448. The van der Waals surface area contributed by atoms with E-state index in [1.54, 1.807) is 12.1 Å². The zero-order valence-electron chi connectivity index (χ0n) is 14.4. The van der Waals surface area contributed by atoms with E-state index in [2.05, 4.69) is 15.4 Å². The predicted molar refractivity (Wildman–Crippen MR) is 92.3 cm³/mol. The number of carbonyl (C=O) groups excluding carboxylic acids is 1. The quantitative estimate of drug-likeness (QED) is 0.529. The number of hydroxylamine groups is 1. The van der Waals surface area contributed by atoms with Gasteiger partial charge in [0.25, 0.3) is 0 Å². The zero-order valence-corrected chi connectivity index (χ0v) is 14.4. The topological polar surface area (TPSA) is 64.1 Å². The van der Waals surface area contributed by atoms with Crippen LogP contribution < -0.4 is 10.3 Å². The van der Waals surface area contributed by atoms with Crippen molar-refractivity contribution in [2.75, 3.05) is 0 Å². The van der Waals surface area contributed by atoms with Gasteiger partial charge in [0.15, 0.2) is 5.75 Å². The van der Waals surface area contributed by atoms with Crippen molar-refractivity contribution in [1.82, 2.24) is 15.4 Å². The molecular formula is C19H13F4N3O2. The van der Waals surface area contributed by atoms with Crippen LogP contribution in [0.4, 0.5) is 17.6 Å². The molecule has 0 spiro atoms. The van der Waals surface area contributed by atoms with Gasteiger partial charge in [-0.05, 0) is 35.4 Å². The van der Waals surface area contributed by atoms with E-state index in [9.17, 15) is 22.4 Å². The third kappa shape index (κ3) is 4.25. The maximum Gasteiger partial charge on any atom is 0.419 e. The number of hydrogen-bond donors (Lipinski definition) is 1. The Morgan fingerprint density at radius 2 is 1.68 bits per heavy atom. The molecule has 0 radical (unpaired) electrons. The number of nitrogens with one attached hydrogen (secondary N) is 1. The van der Waals surface area contributed by atoms with Crippen molar-refractivity contribution in [2.24, 2.45) is 0 Å². The number of benzene rings is 2. The van der Waals surface area contributed by atoms with Crippen molar-refractivity contribution in [3.63, 3.8) is 0 Å². The number of hydrogen-bond acceptors (Lipinski definition) is 4. The number of nitrogens with zero attached hydrogens (tertiary/aromatic N) is 2. The van der Waals surface area contributed by atoms with Crippen molar-refractivity contribution in [3.8, 4) is 28.0 Å². The molecule has 5 nitrogen and oxygen atoms in total. The SMILES string of the molecule is CC(=O)NOc1ccc(-c2cncnc2)cc1-c1ccc(F)c(C(F)(F)F)c1. The molecule has 0 fully saturated rings. The summed E-state index contributed by atoms with van der Waals surface area (Å²) in [5.74, 6) is -1.79. The number of halogens is 4. The average Bonchev–Trinajstić information content (AvgIpc) is 2.66. The summed E-state index contributed by atoms with van der Waals surface area (Å²) in [6.45, 7) is 1.22. The van der Waals surface area contributed by atoms with E-state index in [4.69, 9.17) is 4.84 Å². The Hall–Kier alpha value is -3.49. The molecule has 1 amide bonds. The van der Waals surface area contributed by atoms with E-state index in [1.165, 1.54) is 37.8 Å². The molecule has 0 saturated carbocycles. The Morgan fingerprint density at radius 1 is 1.00 bits per heavy atom. The van der Waals surface area contributed by atoms with E-state index >= 15 is 0 Å². The van der Waals surface area contributed by atoms with Crippen LogP contribution >= 0.6 is 0 Å². The minimum Gasteiger partial charge on any atom is -0.379 e. The van der Waals surface area contributed by atoms with Gasteiger partial charge in [-0.25, -0.2) is 14.4 Å². The van der Waals surface area contributed by atoms with Crippen molar-refractivity contribution in [2.45, 2.75) is 13.1 Å². The Balaban J connectivity index is 2.14. The average molecular weight is 391 g/mol. The van der Waals surface area contributed by atoms with E-state index in [0.29, 0.717) is 17.2 Å². The summed E-state index contributed by atoms with van der Waals surface area (Å²) >= 11 is 0. The highest BCUT2D eigenvalue weighted by atomic mass is 19.4. The summed E-state index contributed by atoms with van der Waals surface area (Å²) in [7, 11) is 0. The van der Waals surface area contributed by atoms with Crippen LogP contribution in [0.5, 0.6) is 5.75 Å². The highest BCUT2D eigenvalue weighted by molar-refractivity contribution is 5.78. The standard InChI is InChI=1S/C19H13F4N3O2/c1-11(27)26-28-18-5-3-12(14-8-24-10-25-9-14)6-15(18)13-2-4-17(20)16(7-13)19(21,22)23/h2-10H,1H3,(H,26,27). The molecule has 1 N–H and O–H groups in total. The smallest absolute Gasteiger partial charge is 0.379 e. The fourth-order valence-electron chi connectivity index (χ4n) is 2.51. The molecular weight excluding hydrogens is 378 g/mol. The maximum atomic E-state index is 13.7. The first-order valence-corrected chi connectivity index (χ1v) is 7.95. The second-order valence-corrected chi connectivity index (χ2v) is 5.79. The van der Waals surface area contributed by atoms with Crippen LogP contribution in [0, 0.1) is 5.82 Å². The lowest BCUT2D eigenvalue weighted by Crippen LogP contribution is -2.24. The zero-order chi connectivity index (χ0) is 20.3. The molecule has 2 aromatic carbocycles. The van der Waals surface area contributed by atoms with Gasteiger partial charge in [-0.15, -0.1) is 0 Å². The van der Waals surface area contributed by atoms with Gasteiger partial charge in [0, 0.05) is 30.4 Å². The number of aromatic nitrogens is 2. The third-order valence-corrected chi connectivity index (χ3v) is 3.76. The van der Waals surface area contributed by atoms with Crippen LogP contribution in [-0.2, 0) is 11.0 Å². The van der Waals surface area contributed by atoms with Gasteiger partial charge < -0.3 is 4.84 Å². The third-order valence-electron chi connectivity index (χ3n) is 3.76. The highest BCUT2D eigenvalue weighted by Crippen LogP contribution is 2.38. The van der Waals surface area contributed by atoms with Crippen LogP contribution in [0.25, 0.3) is 22.3 Å². The fourth-order valence-corrected chi connectivity index (χ4v) is 2.51. The molecule has 0 unspecified atom stereocenters. The number of carbonyl (C=O) groups is 1. The minimum absolute atomic E-state index is 0.0628. The minimum atomic E-state index is -4.86. The van der Waals surface area contributed by atoms with E-state index in [-0.39, 0.29) is 16.9 Å². The van der Waals surface area contributed by atoms with Crippen molar-refractivity contribution < 1.29 is 27.2 Å². The van der Waals surface area contributed by atoms with Crippen LogP contribution in [-0.4, -0.2) is 15.9 Å². The lowest BCUT2D eigenvalue weighted by Gasteiger charge is -2.15.